The second-order valence-corrected chi connectivity index (χ2v) is 8.13. The van der Waals surface area contributed by atoms with E-state index in [9.17, 15) is 5.11 Å². The number of aliphatic hydroxyl groups is 1. The predicted octanol–water partition coefficient (Wildman–Crippen LogP) is 3.80. The molecule has 3 aromatic rings. The average molecular weight is 407 g/mol. The van der Waals surface area contributed by atoms with Crippen molar-refractivity contribution in [2.24, 2.45) is 5.73 Å². The summed E-state index contributed by atoms with van der Waals surface area (Å²) in [5.74, 6) is 1.66. The van der Waals surface area contributed by atoms with Gasteiger partial charge >= 0.3 is 0 Å². The Morgan fingerprint density at radius 1 is 1.07 bits per heavy atom. The SMILES string of the molecule is COc1ccc2c(c1OC)CC(C)N(Cc1ccc3cc(C(N)CO)ccc3c1)C2. The molecule has 0 amide bonds. The van der Waals surface area contributed by atoms with Crippen molar-refractivity contribution in [3.8, 4) is 11.5 Å². The summed E-state index contributed by atoms with van der Waals surface area (Å²) in [6, 6.07) is 17.0. The minimum Gasteiger partial charge on any atom is -0.493 e. The molecule has 3 aromatic carbocycles. The highest BCUT2D eigenvalue weighted by molar-refractivity contribution is 5.84. The van der Waals surface area contributed by atoms with Gasteiger partial charge in [-0.1, -0.05) is 30.3 Å². The standard InChI is InChI=1S/C25H30N2O3/c1-16-10-22-21(8-9-24(29-2)25(22)30-3)14-27(16)13-17-4-5-19-12-20(23(26)15-28)7-6-18(19)11-17/h4-9,11-12,16,23,28H,10,13-15,26H2,1-3H3. The van der Waals surface area contributed by atoms with Crippen molar-refractivity contribution in [1.29, 1.82) is 0 Å². The summed E-state index contributed by atoms with van der Waals surface area (Å²) >= 11 is 0. The molecule has 0 fully saturated rings. The lowest BCUT2D eigenvalue weighted by atomic mass is 9.92. The molecule has 0 bridgehead atoms. The van der Waals surface area contributed by atoms with Crippen LogP contribution in [0.25, 0.3) is 10.8 Å². The van der Waals surface area contributed by atoms with Crippen LogP contribution in [0.1, 0.15) is 35.2 Å². The monoisotopic (exact) mass is 406 g/mol. The number of benzene rings is 3. The molecule has 2 atom stereocenters. The molecule has 0 saturated heterocycles. The Balaban J connectivity index is 1.56. The molecule has 2 unspecified atom stereocenters. The lowest BCUT2D eigenvalue weighted by molar-refractivity contribution is 0.173. The summed E-state index contributed by atoms with van der Waals surface area (Å²) in [6.07, 6.45) is 0.936. The second kappa shape index (κ2) is 8.64. The first-order chi connectivity index (χ1) is 14.5. The third-order valence-electron chi connectivity index (χ3n) is 6.18. The molecule has 0 aromatic heterocycles. The van der Waals surface area contributed by atoms with E-state index in [1.165, 1.54) is 22.1 Å². The summed E-state index contributed by atoms with van der Waals surface area (Å²) in [5, 5.41) is 11.6. The van der Waals surface area contributed by atoms with Gasteiger partial charge in [0.05, 0.1) is 26.9 Å². The number of hydrogen-bond acceptors (Lipinski definition) is 5. The van der Waals surface area contributed by atoms with Crippen LogP contribution in [-0.2, 0) is 19.5 Å². The van der Waals surface area contributed by atoms with Crippen molar-refractivity contribution in [2.75, 3.05) is 20.8 Å². The van der Waals surface area contributed by atoms with Gasteiger partial charge in [-0.3, -0.25) is 4.90 Å². The number of ether oxygens (including phenoxy) is 2. The maximum Gasteiger partial charge on any atom is 0.164 e. The smallest absolute Gasteiger partial charge is 0.164 e. The second-order valence-electron chi connectivity index (χ2n) is 8.13. The van der Waals surface area contributed by atoms with Gasteiger partial charge in [-0.2, -0.15) is 0 Å². The van der Waals surface area contributed by atoms with E-state index in [2.05, 4.69) is 48.2 Å². The van der Waals surface area contributed by atoms with Gasteiger partial charge in [-0.05, 0) is 59.0 Å². The summed E-state index contributed by atoms with van der Waals surface area (Å²) in [7, 11) is 3.39. The van der Waals surface area contributed by atoms with Crippen LogP contribution in [0.15, 0.2) is 48.5 Å². The Kier molecular flexibility index (Phi) is 5.95. The van der Waals surface area contributed by atoms with E-state index < -0.39 is 0 Å². The fourth-order valence-corrected chi connectivity index (χ4v) is 4.40. The molecule has 3 N–H and O–H groups in total. The quantitative estimate of drug-likeness (QED) is 0.652. The fourth-order valence-electron chi connectivity index (χ4n) is 4.40. The molecular formula is C25H30N2O3. The van der Waals surface area contributed by atoms with Gasteiger partial charge in [0.25, 0.3) is 0 Å². The van der Waals surface area contributed by atoms with Crippen molar-refractivity contribution in [3.63, 3.8) is 0 Å². The van der Waals surface area contributed by atoms with E-state index in [0.717, 1.165) is 42.0 Å². The highest BCUT2D eigenvalue weighted by Crippen LogP contribution is 2.38. The Labute approximate surface area is 178 Å². The largest absolute Gasteiger partial charge is 0.493 e. The maximum absolute atomic E-state index is 9.30. The first kappa shape index (κ1) is 20.7. The van der Waals surface area contributed by atoms with Gasteiger partial charge in [0.2, 0.25) is 0 Å². The van der Waals surface area contributed by atoms with Gasteiger partial charge in [-0.25, -0.2) is 0 Å². The summed E-state index contributed by atoms with van der Waals surface area (Å²) in [4.78, 5) is 2.51. The van der Waals surface area contributed by atoms with E-state index >= 15 is 0 Å². The summed E-state index contributed by atoms with van der Waals surface area (Å²) < 4.78 is 11.1. The topological polar surface area (TPSA) is 68.0 Å². The van der Waals surface area contributed by atoms with Crippen LogP contribution in [0.3, 0.4) is 0 Å². The van der Waals surface area contributed by atoms with Crippen LogP contribution in [0.2, 0.25) is 0 Å². The minimum atomic E-state index is -0.334. The normalized spacial score (nSPS) is 17.6. The third kappa shape index (κ3) is 3.88. The molecule has 1 aliphatic rings. The molecule has 1 aliphatic heterocycles. The molecule has 0 spiro atoms. The molecule has 4 rings (SSSR count). The molecule has 158 valence electrons. The van der Waals surface area contributed by atoms with Gasteiger partial charge in [0.15, 0.2) is 11.5 Å². The zero-order chi connectivity index (χ0) is 21.3. The van der Waals surface area contributed by atoms with E-state index in [4.69, 9.17) is 15.2 Å². The van der Waals surface area contributed by atoms with Crippen LogP contribution in [0.4, 0.5) is 0 Å². The summed E-state index contributed by atoms with van der Waals surface area (Å²) in [6.45, 7) is 4.00. The molecule has 0 radical (unpaired) electrons. The minimum absolute atomic E-state index is 0.0471. The Morgan fingerprint density at radius 3 is 2.57 bits per heavy atom. The summed E-state index contributed by atoms with van der Waals surface area (Å²) in [5.41, 5.74) is 10.8. The molecule has 0 saturated carbocycles. The van der Waals surface area contributed by atoms with Gasteiger partial charge in [0.1, 0.15) is 0 Å². The van der Waals surface area contributed by atoms with Crippen LogP contribution in [0, 0.1) is 0 Å². The van der Waals surface area contributed by atoms with Gasteiger partial charge in [0, 0.05) is 24.7 Å². The number of fused-ring (bicyclic) bond motifs is 2. The molecule has 0 aliphatic carbocycles. The fraction of sp³-hybridized carbons (Fsp3) is 0.360. The van der Waals surface area contributed by atoms with Crippen molar-refractivity contribution < 1.29 is 14.6 Å². The third-order valence-corrected chi connectivity index (χ3v) is 6.18. The number of methoxy groups -OCH3 is 2. The predicted molar refractivity (Wildman–Crippen MR) is 120 cm³/mol. The molecule has 5 heteroatoms. The Bertz CT molecular complexity index is 1050. The van der Waals surface area contributed by atoms with Crippen molar-refractivity contribution in [3.05, 3.63) is 70.8 Å². The number of aliphatic hydroxyl groups excluding tert-OH is 1. The van der Waals surface area contributed by atoms with E-state index in [1.807, 2.05) is 12.1 Å². The lowest BCUT2D eigenvalue weighted by Crippen LogP contribution is -2.38. The van der Waals surface area contributed by atoms with Crippen LogP contribution in [0.5, 0.6) is 11.5 Å². The van der Waals surface area contributed by atoms with Gasteiger partial charge < -0.3 is 20.3 Å². The van der Waals surface area contributed by atoms with E-state index in [1.54, 1.807) is 14.2 Å². The highest BCUT2D eigenvalue weighted by Gasteiger charge is 2.27. The van der Waals surface area contributed by atoms with Gasteiger partial charge in [-0.15, -0.1) is 0 Å². The average Bonchev–Trinajstić information content (AvgIpc) is 2.77. The Hall–Kier alpha value is -2.60. The maximum atomic E-state index is 9.30. The van der Waals surface area contributed by atoms with Crippen molar-refractivity contribution >= 4 is 10.8 Å². The number of nitrogens with zero attached hydrogens (tertiary/aromatic N) is 1. The first-order valence-corrected chi connectivity index (χ1v) is 10.4. The number of nitrogens with two attached hydrogens (primary N) is 1. The zero-order valence-corrected chi connectivity index (χ0v) is 17.9. The van der Waals surface area contributed by atoms with E-state index in [0.29, 0.717) is 6.04 Å². The van der Waals surface area contributed by atoms with Crippen LogP contribution < -0.4 is 15.2 Å². The zero-order valence-electron chi connectivity index (χ0n) is 17.9. The Morgan fingerprint density at radius 2 is 1.83 bits per heavy atom. The molecule has 5 nitrogen and oxygen atoms in total. The molecule has 30 heavy (non-hydrogen) atoms. The molecule has 1 heterocycles. The highest BCUT2D eigenvalue weighted by atomic mass is 16.5. The molecular weight excluding hydrogens is 376 g/mol. The number of hydrogen-bond donors (Lipinski definition) is 2. The lowest BCUT2D eigenvalue weighted by Gasteiger charge is -2.36. The van der Waals surface area contributed by atoms with Crippen molar-refractivity contribution in [2.45, 2.75) is 38.5 Å². The number of rotatable bonds is 6. The first-order valence-electron chi connectivity index (χ1n) is 10.4. The van der Waals surface area contributed by atoms with E-state index in [-0.39, 0.29) is 12.6 Å². The van der Waals surface area contributed by atoms with Crippen molar-refractivity contribution in [1.82, 2.24) is 4.90 Å². The van der Waals surface area contributed by atoms with Crippen LogP contribution in [-0.4, -0.2) is 36.9 Å². The van der Waals surface area contributed by atoms with Crippen LogP contribution >= 0.6 is 0 Å².